The second-order valence-corrected chi connectivity index (χ2v) is 5.07. The maximum absolute atomic E-state index is 5.74. The van der Waals surface area contributed by atoms with E-state index in [1.807, 2.05) is 41.3 Å². The smallest absolute Gasteiger partial charge is 0.0911 e. The number of nitrogens with two attached hydrogens (primary N) is 1. The van der Waals surface area contributed by atoms with Crippen molar-refractivity contribution in [2.24, 2.45) is 5.84 Å². The predicted molar refractivity (Wildman–Crippen MR) is 83.4 cm³/mol. The predicted octanol–water partition coefficient (Wildman–Crippen LogP) is 2.39. The number of aryl methyl sites for hydroxylation is 1. The fourth-order valence-corrected chi connectivity index (χ4v) is 2.47. The Kier molecular flexibility index (Phi) is 3.94. The molecule has 0 fully saturated rings. The maximum Gasteiger partial charge on any atom is 0.0911 e. The van der Waals surface area contributed by atoms with Gasteiger partial charge in [0, 0.05) is 23.7 Å². The molecule has 0 saturated carbocycles. The summed E-state index contributed by atoms with van der Waals surface area (Å²) in [4.78, 5) is 4.70. The molecule has 2 heterocycles. The highest BCUT2D eigenvalue weighted by Gasteiger charge is 2.16. The Balaban J connectivity index is 1.96. The van der Waals surface area contributed by atoms with Crippen molar-refractivity contribution in [3.63, 3.8) is 0 Å². The third-order valence-corrected chi connectivity index (χ3v) is 3.52. The molecule has 5 nitrogen and oxygen atoms in total. The van der Waals surface area contributed by atoms with E-state index in [0.717, 1.165) is 35.1 Å². The van der Waals surface area contributed by atoms with Crippen molar-refractivity contribution in [2.75, 3.05) is 0 Å². The van der Waals surface area contributed by atoms with Crippen molar-refractivity contribution in [1.82, 2.24) is 20.2 Å². The van der Waals surface area contributed by atoms with E-state index >= 15 is 0 Å². The molecule has 21 heavy (non-hydrogen) atoms. The average molecular weight is 281 g/mol. The van der Waals surface area contributed by atoms with Gasteiger partial charge in [0.25, 0.3) is 0 Å². The topological polar surface area (TPSA) is 68.8 Å². The number of benzene rings is 1. The zero-order valence-electron chi connectivity index (χ0n) is 12.0. The van der Waals surface area contributed by atoms with E-state index in [9.17, 15) is 0 Å². The number of hydrogen-bond acceptors (Lipinski definition) is 4. The molecule has 0 saturated heterocycles. The highest BCUT2D eigenvalue weighted by atomic mass is 15.3. The monoisotopic (exact) mass is 281 g/mol. The lowest BCUT2D eigenvalue weighted by Gasteiger charge is -2.14. The summed E-state index contributed by atoms with van der Waals surface area (Å²) in [5.74, 6) is 5.74. The highest BCUT2D eigenvalue weighted by molar-refractivity contribution is 5.78. The molecule has 5 heteroatoms. The number of aromatic nitrogens is 3. The van der Waals surface area contributed by atoms with E-state index in [1.54, 1.807) is 0 Å². The van der Waals surface area contributed by atoms with Crippen LogP contribution < -0.4 is 11.3 Å². The third-order valence-electron chi connectivity index (χ3n) is 3.52. The van der Waals surface area contributed by atoms with Crippen LogP contribution in [0.4, 0.5) is 0 Å². The van der Waals surface area contributed by atoms with E-state index in [1.165, 1.54) is 0 Å². The van der Waals surface area contributed by atoms with E-state index in [-0.39, 0.29) is 6.04 Å². The van der Waals surface area contributed by atoms with Gasteiger partial charge in [-0.3, -0.25) is 15.5 Å². The second kappa shape index (κ2) is 6.03. The Labute approximate surface area is 123 Å². The number of hydrogen-bond donors (Lipinski definition) is 2. The standard InChI is InChI=1S/C16H19N5/c1-2-9-21-11-13(10-18-21)16(20-17)15-8-7-12-5-3-4-6-14(12)19-15/h3-8,10-11,16,20H,2,9,17H2,1H3. The molecule has 0 aliphatic rings. The van der Waals surface area contributed by atoms with E-state index < -0.39 is 0 Å². The van der Waals surface area contributed by atoms with Gasteiger partial charge in [0.05, 0.1) is 23.4 Å². The summed E-state index contributed by atoms with van der Waals surface area (Å²) in [6.07, 6.45) is 4.91. The molecule has 3 N–H and O–H groups in total. The van der Waals surface area contributed by atoms with Gasteiger partial charge >= 0.3 is 0 Å². The van der Waals surface area contributed by atoms with Gasteiger partial charge in [0.2, 0.25) is 0 Å². The molecule has 1 unspecified atom stereocenters. The quantitative estimate of drug-likeness (QED) is 0.556. The van der Waals surface area contributed by atoms with Gasteiger partial charge < -0.3 is 0 Å². The van der Waals surface area contributed by atoms with E-state index in [0.29, 0.717) is 0 Å². The molecule has 0 aliphatic heterocycles. The minimum atomic E-state index is -0.153. The maximum atomic E-state index is 5.74. The molecule has 0 radical (unpaired) electrons. The van der Waals surface area contributed by atoms with Crippen LogP contribution in [0.1, 0.15) is 30.6 Å². The van der Waals surface area contributed by atoms with Gasteiger partial charge in [-0.1, -0.05) is 31.2 Å². The van der Waals surface area contributed by atoms with Crippen LogP contribution in [0, 0.1) is 0 Å². The Hall–Kier alpha value is -2.24. The Morgan fingerprint density at radius 2 is 2.10 bits per heavy atom. The molecule has 3 rings (SSSR count). The first-order chi connectivity index (χ1) is 10.3. The fraction of sp³-hybridized carbons (Fsp3) is 0.250. The van der Waals surface area contributed by atoms with Crippen molar-refractivity contribution in [1.29, 1.82) is 0 Å². The SMILES string of the molecule is CCCn1cc(C(NN)c2ccc3ccccc3n2)cn1. The van der Waals surface area contributed by atoms with Crippen molar-refractivity contribution < 1.29 is 0 Å². The van der Waals surface area contributed by atoms with Gasteiger partial charge in [-0.15, -0.1) is 0 Å². The van der Waals surface area contributed by atoms with Crippen LogP contribution in [0.15, 0.2) is 48.8 Å². The lowest BCUT2D eigenvalue weighted by atomic mass is 10.1. The molecule has 0 amide bonds. The molecular formula is C16H19N5. The lowest BCUT2D eigenvalue weighted by molar-refractivity contribution is 0.596. The van der Waals surface area contributed by atoms with Crippen LogP contribution in [0.3, 0.4) is 0 Å². The Bertz CT molecular complexity index is 734. The summed E-state index contributed by atoms with van der Waals surface area (Å²) >= 11 is 0. The lowest BCUT2D eigenvalue weighted by Crippen LogP contribution is -2.29. The molecular weight excluding hydrogens is 262 g/mol. The first-order valence-corrected chi connectivity index (χ1v) is 7.16. The summed E-state index contributed by atoms with van der Waals surface area (Å²) in [5.41, 5.74) is 5.73. The number of fused-ring (bicyclic) bond motifs is 1. The van der Waals surface area contributed by atoms with Crippen molar-refractivity contribution in [3.8, 4) is 0 Å². The number of rotatable bonds is 5. The second-order valence-electron chi connectivity index (χ2n) is 5.07. The zero-order valence-corrected chi connectivity index (χ0v) is 12.0. The Morgan fingerprint density at radius 3 is 2.90 bits per heavy atom. The molecule has 0 bridgehead atoms. The van der Waals surface area contributed by atoms with Gasteiger partial charge in [0.1, 0.15) is 0 Å². The van der Waals surface area contributed by atoms with E-state index in [4.69, 9.17) is 10.8 Å². The third kappa shape index (κ3) is 2.79. The van der Waals surface area contributed by atoms with Gasteiger partial charge in [-0.2, -0.15) is 5.10 Å². The van der Waals surface area contributed by atoms with Crippen molar-refractivity contribution >= 4 is 10.9 Å². The molecule has 0 aliphatic carbocycles. The average Bonchev–Trinajstić information content (AvgIpc) is 2.97. The van der Waals surface area contributed by atoms with Gasteiger partial charge in [0.15, 0.2) is 0 Å². The minimum absolute atomic E-state index is 0.153. The number of nitrogens with zero attached hydrogens (tertiary/aromatic N) is 3. The molecule has 1 aromatic carbocycles. The van der Waals surface area contributed by atoms with Crippen LogP contribution in [-0.4, -0.2) is 14.8 Å². The summed E-state index contributed by atoms with van der Waals surface area (Å²) < 4.78 is 1.93. The summed E-state index contributed by atoms with van der Waals surface area (Å²) in [7, 11) is 0. The number of pyridine rings is 1. The molecule has 0 spiro atoms. The van der Waals surface area contributed by atoms with Crippen molar-refractivity contribution in [3.05, 3.63) is 60.0 Å². The fourth-order valence-electron chi connectivity index (χ4n) is 2.47. The van der Waals surface area contributed by atoms with Gasteiger partial charge in [-0.25, -0.2) is 5.43 Å². The molecule has 2 aromatic heterocycles. The first kappa shape index (κ1) is 13.7. The number of nitrogens with one attached hydrogen (secondary N) is 1. The van der Waals surface area contributed by atoms with Crippen LogP contribution in [0.5, 0.6) is 0 Å². The first-order valence-electron chi connectivity index (χ1n) is 7.16. The highest BCUT2D eigenvalue weighted by Crippen LogP contribution is 2.22. The number of hydrazine groups is 1. The number of para-hydroxylation sites is 1. The van der Waals surface area contributed by atoms with Crippen LogP contribution in [0.2, 0.25) is 0 Å². The summed E-state index contributed by atoms with van der Waals surface area (Å²) in [5, 5.41) is 5.48. The Morgan fingerprint density at radius 1 is 1.24 bits per heavy atom. The molecule has 3 aromatic rings. The normalized spacial score (nSPS) is 12.7. The minimum Gasteiger partial charge on any atom is -0.272 e. The molecule has 108 valence electrons. The zero-order chi connectivity index (χ0) is 14.7. The van der Waals surface area contributed by atoms with Crippen LogP contribution in [0.25, 0.3) is 10.9 Å². The summed E-state index contributed by atoms with van der Waals surface area (Å²) in [6.45, 7) is 3.04. The van der Waals surface area contributed by atoms with Crippen LogP contribution in [-0.2, 0) is 6.54 Å². The van der Waals surface area contributed by atoms with Crippen LogP contribution >= 0.6 is 0 Å². The largest absolute Gasteiger partial charge is 0.272 e. The molecule has 1 atom stereocenters. The van der Waals surface area contributed by atoms with E-state index in [2.05, 4.69) is 29.6 Å². The summed E-state index contributed by atoms with van der Waals surface area (Å²) in [6, 6.07) is 12.0. The van der Waals surface area contributed by atoms with Gasteiger partial charge in [-0.05, 0) is 18.6 Å². The van der Waals surface area contributed by atoms with Crippen molar-refractivity contribution in [2.45, 2.75) is 25.9 Å².